The molecule has 3 N–H and O–H groups in total. The van der Waals surface area contributed by atoms with Gasteiger partial charge in [0, 0.05) is 5.92 Å². The van der Waals surface area contributed by atoms with Gasteiger partial charge in [0.15, 0.2) is 0 Å². The second-order valence-corrected chi connectivity index (χ2v) is 7.93. The van der Waals surface area contributed by atoms with Crippen LogP contribution in [-0.2, 0) is 6.42 Å². The maximum absolute atomic E-state index is 15.0. The molecule has 3 aromatic carbocycles. The minimum atomic E-state index is -1.15. The molecule has 0 saturated carbocycles. The van der Waals surface area contributed by atoms with Crippen LogP contribution in [0, 0.1) is 12.7 Å². The highest BCUT2D eigenvalue weighted by molar-refractivity contribution is 5.91. The number of aromatic hydroxyl groups is 1. The molecule has 1 aliphatic heterocycles. The summed E-state index contributed by atoms with van der Waals surface area (Å²) >= 11 is 0. The third-order valence-electron chi connectivity index (χ3n) is 6.12. The van der Waals surface area contributed by atoms with Gasteiger partial charge in [0.05, 0.1) is 11.7 Å². The average molecular weight is 389 g/mol. The van der Waals surface area contributed by atoms with E-state index in [1.54, 1.807) is 12.1 Å². The van der Waals surface area contributed by atoms with E-state index < -0.39 is 5.97 Å². The summed E-state index contributed by atoms with van der Waals surface area (Å²) in [6, 6.07) is 14.5. The molecule has 1 heterocycles. The van der Waals surface area contributed by atoms with Gasteiger partial charge in [0.25, 0.3) is 0 Å². The maximum atomic E-state index is 15.0. The zero-order valence-electron chi connectivity index (χ0n) is 15.9. The van der Waals surface area contributed by atoms with E-state index in [9.17, 15) is 15.0 Å². The Balaban J connectivity index is 1.59. The van der Waals surface area contributed by atoms with Crippen LogP contribution in [0.4, 0.5) is 10.1 Å². The molecule has 2 aliphatic rings. The fraction of sp³-hybridized carbons (Fsp3) is 0.208. The number of hydrogen-bond acceptors (Lipinski definition) is 3. The van der Waals surface area contributed by atoms with Crippen LogP contribution in [0.3, 0.4) is 0 Å². The third-order valence-corrected chi connectivity index (χ3v) is 6.12. The molecule has 0 saturated heterocycles. The van der Waals surface area contributed by atoms with E-state index in [1.807, 2.05) is 31.2 Å². The summed E-state index contributed by atoms with van der Waals surface area (Å²) in [6.45, 7) is 2.01. The van der Waals surface area contributed by atoms with Crippen LogP contribution < -0.4 is 5.32 Å². The first kappa shape index (κ1) is 17.7. The molecule has 3 aromatic rings. The standard InChI is InChI=1S/C24H20FNO3/c1-12-3-2-4-13(7-12)15-9-18-16-6-5-14-8-19(24(28)29)21(27)11-17(14)22(16)26-23(18)20(25)10-15/h2-4,7-11,16,22,26-27H,5-6H2,1H3,(H,28,29). The van der Waals surface area contributed by atoms with Crippen molar-refractivity contribution in [1.82, 2.24) is 0 Å². The van der Waals surface area contributed by atoms with E-state index in [1.165, 1.54) is 6.07 Å². The van der Waals surface area contributed by atoms with Gasteiger partial charge in [-0.25, -0.2) is 9.18 Å². The molecular formula is C24H20FNO3. The highest BCUT2D eigenvalue weighted by Gasteiger charge is 2.39. The molecule has 0 bridgehead atoms. The molecule has 146 valence electrons. The number of anilines is 1. The molecule has 5 rings (SSSR count). The molecule has 0 spiro atoms. The first-order valence-electron chi connectivity index (χ1n) is 9.68. The van der Waals surface area contributed by atoms with E-state index in [2.05, 4.69) is 11.4 Å². The smallest absolute Gasteiger partial charge is 0.339 e. The lowest BCUT2D eigenvalue weighted by molar-refractivity contribution is 0.0693. The Kier molecular flexibility index (Phi) is 3.88. The third kappa shape index (κ3) is 2.77. The highest BCUT2D eigenvalue weighted by Crippen LogP contribution is 2.52. The summed E-state index contributed by atoms with van der Waals surface area (Å²) in [5, 5.41) is 22.7. The van der Waals surface area contributed by atoms with E-state index in [-0.39, 0.29) is 29.1 Å². The monoisotopic (exact) mass is 389 g/mol. The Labute approximate surface area is 167 Å². The van der Waals surface area contributed by atoms with Crippen LogP contribution in [-0.4, -0.2) is 16.2 Å². The molecule has 5 heteroatoms. The van der Waals surface area contributed by atoms with Gasteiger partial charge in [-0.15, -0.1) is 0 Å². The van der Waals surface area contributed by atoms with Crippen LogP contribution in [0.5, 0.6) is 5.75 Å². The van der Waals surface area contributed by atoms with Crippen molar-refractivity contribution in [3.8, 4) is 16.9 Å². The first-order valence-corrected chi connectivity index (χ1v) is 9.68. The summed E-state index contributed by atoms with van der Waals surface area (Å²) in [4.78, 5) is 11.3. The second kappa shape index (κ2) is 6.34. The number of hydrogen-bond donors (Lipinski definition) is 3. The topological polar surface area (TPSA) is 69.6 Å². The maximum Gasteiger partial charge on any atom is 0.339 e. The number of phenols is 1. The van der Waals surface area contributed by atoms with E-state index in [4.69, 9.17) is 0 Å². The van der Waals surface area contributed by atoms with Crippen molar-refractivity contribution in [2.45, 2.75) is 31.7 Å². The van der Waals surface area contributed by atoms with E-state index in [0.29, 0.717) is 12.1 Å². The molecule has 29 heavy (non-hydrogen) atoms. The van der Waals surface area contributed by atoms with E-state index in [0.717, 1.165) is 39.8 Å². The fourth-order valence-electron chi connectivity index (χ4n) is 4.75. The predicted molar refractivity (Wildman–Crippen MR) is 109 cm³/mol. The Morgan fingerprint density at radius 2 is 1.93 bits per heavy atom. The number of carboxylic acids is 1. The number of benzene rings is 3. The molecule has 0 aromatic heterocycles. The lowest BCUT2D eigenvalue weighted by Gasteiger charge is -2.29. The van der Waals surface area contributed by atoms with Gasteiger partial charge in [-0.05, 0) is 71.8 Å². The number of fused-ring (bicyclic) bond motifs is 5. The van der Waals surface area contributed by atoms with Crippen molar-refractivity contribution >= 4 is 11.7 Å². The minimum Gasteiger partial charge on any atom is -0.507 e. The number of nitrogens with one attached hydrogen (secondary N) is 1. The summed E-state index contributed by atoms with van der Waals surface area (Å²) < 4.78 is 15.0. The van der Waals surface area contributed by atoms with Gasteiger partial charge in [0.1, 0.15) is 17.1 Å². The van der Waals surface area contributed by atoms with Crippen molar-refractivity contribution in [2.75, 3.05) is 5.32 Å². The quantitative estimate of drug-likeness (QED) is 0.549. The summed E-state index contributed by atoms with van der Waals surface area (Å²) in [7, 11) is 0. The zero-order chi connectivity index (χ0) is 20.3. The Morgan fingerprint density at radius 1 is 1.10 bits per heavy atom. The van der Waals surface area contributed by atoms with Crippen LogP contribution >= 0.6 is 0 Å². The number of carbonyl (C=O) groups is 1. The first-order chi connectivity index (χ1) is 13.9. The fourth-order valence-corrected chi connectivity index (χ4v) is 4.75. The van der Waals surface area contributed by atoms with Gasteiger partial charge >= 0.3 is 5.97 Å². The molecule has 0 fully saturated rings. The zero-order valence-corrected chi connectivity index (χ0v) is 15.9. The van der Waals surface area contributed by atoms with Crippen molar-refractivity contribution in [2.24, 2.45) is 0 Å². The molecule has 2 unspecified atom stereocenters. The van der Waals surface area contributed by atoms with Gasteiger partial charge in [-0.1, -0.05) is 29.8 Å². The Bertz CT molecular complexity index is 1170. The summed E-state index contributed by atoms with van der Waals surface area (Å²) in [6.07, 6.45) is 1.48. The molecule has 4 nitrogen and oxygen atoms in total. The SMILES string of the molecule is Cc1cccc(-c2cc(F)c3c(c2)C2CCc4cc(C(=O)O)c(O)cc4C2N3)c1. The van der Waals surface area contributed by atoms with Crippen molar-refractivity contribution in [3.05, 3.63) is 82.2 Å². The molecule has 2 atom stereocenters. The molecule has 1 aliphatic carbocycles. The van der Waals surface area contributed by atoms with Crippen LogP contribution in [0.15, 0.2) is 48.5 Å². The van der Waals surface area contributed by atoms with Gasteiger partial charge in [-0.2, -0.15) is 0 Å². The lowest BCUT2D eigenvalue weighted by Crippen LogP contribution is -2.20. The van der Waals surface area contributed by atoms with Crippen LogP contribution in [0.25, 0.3) is 11.1 Å². The lowest BCUT2D eigenvalue weighted by atomic mass is 9.77. The van der Waals surface area contributed by atoms with Crippen molar-refractivity contribution in [3.63, 3.8) is 0 Å². The molecular weight excluding hydrogens is 369 g/mol. The second-order valence-electron chi connectivity index (χ2n) is 7.93. The Hall–Kier alpha value is -3.34. The number of aryl methyl sites for hydroxylation is 2. The van der Waals surface area contributed by atoms with Crippen molar-refractivity contribution in [1.29, 1.82) is 0 Å². The predicted octanol–water partition coefficient (Wildman–Crippen LogP) is 5.40. The minimum absolute atomic E-state index is 0.0758. The summed E-state index contributed by atoms with van der Waals surface area (Å²) in [5.41, 5.74) is 6.04. The number of carboxylic acid groups (broad SMARTS) is 1. The van der Waals surface area contributed by atoms with Gasteiger partial charge in [-0.3, -0.25) is 0 Å². The summed E-state index contributed by atoms with van der Waals surface area (Å²) in [5.74, 6) is -1.62. The number of rotatable bonds is 2. The van der Waals surface area contributed by atoms with Gasteiger partial charge in [0.2, 0.25) is 0 Å². The largest absolute Gasteiger partial charge is 0.507 e. The highest BCUT2D eigenvalue weighted by atomic mass is 19.1. The Morgan fingerprint density at radius 3 is 2.69 bits per heavy atom. The van der Waals surface area contributed by atoms with Gasteiger partial charge < -0.3 is 15.5 Å². The normalized spacial score (nSPS) is 19.1. The average Bonchev–Trinajstić information content (AvgIpc) is 3.07. The van der Waals surface area contributed by atoms with E-state index >= 15 is 4.39 Å². The molecule has 0 amide bonds. The van der Waals surface area contributed by atoms with Crippen LogP contribution in [0.1, 0.15) is 51.0 Å². The number of halogens is 1. The number of aromatic carboxylic acids is 1. The van der Waals surface area contributed by atoms with Crippen LogP contribution in [0.2, 0.25) is 0 Å². The van der Waals surface area contributed by atoms with Crippen molar-refractivity contribution < 1.29 is 19.4 Å². The molecule has 0 radical (unpaired) electrons.